The Bertz CT molecular complexity index is 401. The average Bonchev–Trinajstić information content (AvgIpc) is 2.95. The second kappa shape index (κ2) is 4.67. The lowest BCUT2D eigenvalue weighted by Gasteiger charge is -2.35. The van der Waals surface area contributed by atoms with Gasteiger partial charge in [0.05, 0.1) is 5.92 Å². The van der Waals surface area contributed by atoms with Crippen LogP contribution in [-0.2, 0) is 4.79 Å². The number of nitrogens with zero attached hydrogens (tertiary/aromatic N) is 2. The standard InChI is InChI=1S/C13H21N3O3/c14-8-2-1-5-15(7-8)13(19)16-9-3-4-11(16)10(6-9)12(17)18/h8-11H,1-7,14H2,(H,17,18). The van der Waals surface area contributed by atoms with Crippen molar-refractivity contribution in [3.05, 3.63) is 0 Å². The van der Waals surface area contributed by atoms with Gasteiger partial charge in [0.15, 0.2) is 0 Å². The molecule has 2 amide bonds. The van der Waals surface area contributed by atoms with Crippen molar-refractivity contribution in [3.8, 4) is 0 Å². The number of urea groups is 1. The number of rotatable bonds is 1. The number of carboxylic acid groups (broad SMARTS) is 1. The van der Waals surface area contributed by atoms with Gasteiger partial charge in [0, 0.05) is 31.2 Å². The molecule has 4 unspecified atom stereocenters. The second-order valence-electron chi connectivity index (χ2n) is 6.02. The molecule has 3 heterocycles. The molecule has 2 bridgehead atoms. The maximum atomic E-state index is 12.6. The van der Waals surface area contributed by atoms with Gasteiger partial charge < -0.3 is 20.6 Å². The molecule has 3 N–H and O–H groups in total. The zero-order chi connectivity index (χ0) is 13.6. The fourth-order valence-electron chi connectivity index (χ4n) is 3.90. The molecule has 106 valence electrons. The summed E-state index contributed by atoms with van der Waals surface area (Å²) in [4.78, 5) is 27.4. The first-order valence-electron chi connectivity index (χ1n) is 7.13. The summed E-state index contributed by atoms with van der Waals surface area (Å²) in [6.07, 6.45) is 4.30. The lowest BCUT2D eigenvalue weighted by atomic mass is 9.89. The van der Waals surface area contributed by atoms with Crippen LogP contribution in [0.15, 0.2) is 0 Å². The molecule has 3 rings (SSSR count). The SMILES string of the molecule is NC1CCCN(C(=O)N2C3CCC2C(C(=O)O)C3)C1. The molecule has 0 aromatic carbocycles. The molecule has 3 fully saturated rings. The smallest absolute Gasteiger partial charge is 0.320 e. The summed E-state index contributed by atoms with van der Waals surface area (Å²) in [6.45, 7) is 1.35. The maximum Gasteiger partial charge on any atom is 0.320 e. The number of likely N-dealkylation sites (tertiary alicyclic amines) is 1. The maximum absolute atomic E-state index is 12.6. The average molecular weight is 267 g/mol. The monoisotopic (exact) mass is 267 g/mol. The Labute approximate surface area is 112 Å². The van der Waals surface area contributed by atoms with Gasteiger partial charge in [-0.15, -0.1) is 0 Å². The summed E-state index contributed by atoms with van der Waals surface area (Å²) in [5.41, 5.74) is 5.92. The Morgan fingerprint density at radius 1 is 1.21 bits per heavy atom. The predicted molar refractivity (Wildman–Crippen MR) is 68.6 cm³/mol. The van der Waals surface area contributed by atoms with Crippen LogP contribution < -0.4 is 5.73 Å². The molecular formula is C13H21N3O3. The first-order valence-corrected chi connectivity index (χ1v) is 7.13. The van der Waals surface area contributed by atoms with Gasteiger partial charge in [-0.2, -0.15) is 0 Å². The minimum atomic E-state index is -0.764. The van der Waals surface area contributed by atoms with Crippen molar-refractivity contribution < 1.29 is 14.7 Å². The van der Waals surface area contributed by atoms with Crippen molar-refractivity contribution in [2.24, 2.45) is 11.7 Å². The van der Waals surface area contributed by atoms with Crippen molar-refractivity contribution in [2.45, 2.75) is 50.2 Å². The lowest BCUT2D eigenvalue weighted by Crippen LogP contribution is -2.52. The van der Waals surface area contributed by atoms with Crippen LogP contribution in [0.5, 0.6) is 0 Å². The summed E-state index contributed by atoms with van der Waals surface area (Å²) in [5, 5.41) is 9.22. The Balaban J connectivity index is 1.72. The van der Waals surface area contributed by atoms with Crippen molar-refractivity contribution in [1.82, 2.24) is 9.80 Å². The lowest BCUT2D eigenvalue weighted by molar-refractivity contribution is -0.142. The molecule has 3 saturated heterocycles. The zero-order valence-corrected chi connectivity index (χ0v) is 11.0. The molecule has 0 spiro atoms. The van der Waals surface area contributed by atoms with E-state index >= 15 is 0 Å². The number of fused-ring (bicyclic) bond motifs is 2. The van der Waals surface area contributed by atoms with Crippen LogP contribution in [0.3, 0.4) is 0 Å². The number of amides is 2. The van der Waals surface area contributed by atoms with E-state index in [0.29, 0.717) is 13.0 Å². The summed E-state index contributed by atoms with van der Waals surface area (Å²) in [7, 11) is 0. The van der Waals surface area contributed by atoms with E-state index in [1.165, 1.54) is 0 Å². The van der Waals surface area contributed by atoms with Crippen LogP contribution in [0.4, 0.5) is 4.79 Å². The predicted octanol–water partition coefficient (Wildman–Crippen LogP) is 0.467. The third-order valence-corrected chi connectivity index (χ3v) is 4.80. The highest BCUT2D eigenvalue weighted by atomic mass is 16.4. The van der Waals surface area contributed by atoms with Crippen LogP contribution in [0, 0.1) is 5.92 Å². The molecular weight excluding hydrogens is 246 g/mol. The van der Waals surface area contributed by atoms with Crippen LogP contribution in [0.2, 0.25) is 0 Å². The summed E-state index contributed by atoms with van der Waals surface area (Å²) >= 11 is 0. The molecule has 0 aliphatic carbocycles. The van der Waals surface area contributed by atoms with E-state index in [2.05, 4.69) is 0 Å². The Hall–Kier alpha value is -1.30. The van der Waals surface area contributed by atoms with Crippen molar-refractivity contribution in [3.63, 3.8) is 0 Å². The van der Waals surface area contributed by atoms with Crippen LogP contribution in [-0.4, -0.2) is 58.1 Å². The molecule has 0 radical (unpaired) electrons. The van der Waals surface area contributed by atoms with Crippen LogP contribution >= 0.6 is 0 Å². The van der Waals surface area contributed by atoms with Crippen LogP contribution in [0.25, 0.3) is 0 Å². The molecule has 6 heteroatoms. The zero-order valence-electron chi connectivity index (χ0n) is 11.0. The van der Waals surface area contributed by atoms with E-state index in [4.69, 9.17) is 5.73 Å². The number of nitrogens with two attached hydrogens (primary N) is 1. The molecule has 3 aliphatic rings. The Morgan fingerprint density at radius 2 is 2.00 bits per heavy atom. The van der Waals surface area contributed by atoms with E-state index < -0.39 is 5.97 Å². The van der Waals surface area contributed by atoms with Crippen molar-refractivity contribution in [2.75, 3.05) is 13.1 Å². The fourth-order valence-corrected chi connectivity index (χ4v) is 3.90. The number of piperidine rings is 1. The van der Waals surface area contributed by atoms with Gasteiger partial charge in [-0.1, -0.05) is 0 Å². The van der Waals surface area contributed by atoms with Gasteiger partial charge in [0.2, 0.25) is 0 Å². The number of hydrogen-bond acceptors (Lipinski definition) is 3. The molecule has 0 saturated carbocycles. The quantitative estimate of drug-likeness (QED) is 0.723. The first-order chi connectivity index (χ1) is 9.08. The van der Waals surface area contributed by atoms with Gasteiger partial charge >= 0.3 is 12.0 Å². The largest absolute Gasteiger partial charge is 0.481 e. The molecule has 0 aromatic heterocycles. The minimum Gasteiger partial charge on any atom is -0.481 e. The number of carbonyl (C=O) groups excluding carboxylic acids is 1. The normalized spacial score (nSPS) is 37.7. The van der Waals surface area contributed by atoms with Gasteiger partial charge in [0.25, 0.3) is 0 Å². The minimum absolute atomic E-state index is 0.00593. The molecule has 6 nitrogen and oxygen atoms in total. The molecule has 3 aliphatic heterocycles. The van der Waals surface area contributed by atoms with E-state index in [1.54, 1.807) is 0 Å². The van der Waals surface area contributed by atoms with Gasteiger partial charge in [-0.05, 0) is 32.1 Å². The van der Waals surface area contributed by atoms with Gasteiger partial charge in [-0.25, -0.2) is 4.79 Å². The molecule has 4 atom stereocenters. The molecule has 0 aromatic rings. The van der Waals surface area contributed by atoms with Gasteiger partial charge in [-0.3, -0.25) is 4.79 Å². The van der Waals surface area contributed by atoms with Crippen molar-refractivity contribution in [1.29, 1.82) is 0 Å². The van der Waals surface area contributed by atoms with E-state index in [-0.39, 0.29) is 30.1 Å². The van der Waals surface area contributed by atoms with E-state index in [0.717, 1.165) is 32.2 Å². The number of aliphatic carboxylic acids is 1. The summed E-state index contributed by atoms with van der Waals surface area (Å²) in [5.74, 6) is -1.14. The third kappa shape index (κ3) is 2.08. The highest BCUT2D eigenvalue weighted by Gasteiger charge is 2.52. The van der Waals surface area contributed by atoms with E-state index in [1.807, 2.05) is 9.80 Å². The van der Waals surface area contributed by atoms with E-state index in [9.17, 15) is 14.7 Å². The number of carbonyl (C=O) groups is 2. The number of hydrogen-bond donors (Lipinski definition) is 2. The topological polar surface area (TPSA) is 86.9 Å². The molecule has 19 heavy (non-hydrogen) atoms. The highest BCUT2D eigenvalue weighted by molar-refractivity contribution is 5.79. The summed E-state index contributed by atoms with van der Waals surface area (Å²) in [6, 6.07) is 0.0875. The highest BCUT2D eigenvalue weighted by Crippen LogP contribution is 2.42. The first kappa shape index (κ1) is 12.7. The van der Waals surface area contributed by atoms with Gasteiger partial charge in [0.1, 0.15) is 0 Å². The number of carboxylic acids is 1. The second-order valence-corrected chi connectivity index (χ2v) is 6.02. The third-order valence-electron chi connectivity index (χ3n) is 4.80. The van der Waals surface area contributed by atoms with Crippen LogP contribution in [0.1, 0.15) is 32.1 Å². The Kier molecular flexibility index (Phi) is 3.12. The Morgan fingerprint density at radius 3 is 2.63 bits per heavy atom. The van der Waals surface area contributed by atoms with Crippen molar-refractivity contribution >= 4 is 12.0 Å². The fraction of sp³-hybridized carbons (Fsp3) is 0.846. The summed E-state index contributed by atoms with van der Waals surface area (Å²) < 4.78 is 0.